The first-order valence-electron chi connectivity index (χ1n) is 6.87. The van der Waals surface area contributed by atoms with E-state index < -0.39 is 0 Å². The molecule has 2 unspecified atom stereocenters. The van der Waals surface area contributed by atoms with Crippen molar-refractivity contribution in [1.29, 1.82) is 0 Å². The number of fused-ring (bicyclic) bond motifs is 1. The number of carbonyl (C=O) groups is 2. The third-order valence-electron chi connectivity index (χ3n) is 3.84. The lowest BCUT2D eigenvalue weighted by Gasteiger charge is -2.32. The number of rotatable bonds is 2. The van der Waals surface area contributed by atoms with Crippen LogP contribution in [0.3, 0.4) is 0 Å². The Kier molecular flexibility index (Phi) is 3.58. The molecule has 0 N–H and O–H groups in total. The lowest BCUT2D eigenvalue weighted by atomic mass is 9.94. The van der Waals surface area contributed by atoms with Crippen LogP contribution < -0.4 is 0 Å². The first-order valence-corrected chi connectivity index (χ1v) is 6.87. The number of benzene rings is 1. The molecule has 2 heterocycles. The van der Waals surface area contributed by atoms with Crippen LogP contribution in [0.5, 0.6) is 0 Å². The zero-order valence-corrected chi connectivity index (χ0v) is 11.2. The van der Waals surface area contributed by atoms with Crippen LogP contribution in [0.1, 0.15) is 18.4 Å². The number of ether oxygens (including phenoxy) is 2. The van der Waals surface area contributed by atoms with Gasteiger partial charge in [-0.3, -0.25) is 4.79 Å². The molecule has 1 aromatic rings. The lowest BCUT2D eigenvalue weighted by molar-refractivity contribution is -0.142. The highest BCUT2D eigenvalue weighted by Gasteiger charge is 2.40. The third kappa shape index (κ3) is 2.76. The van der Waals surface area contributed by atoms with Crippen LogP contribution in [0.15, 0.2) is 30.3 Å². The first-order chi connectivity index (χ1) is 9.72. The molecule has 0 aliphatic carbocycles. The van der Waals surface area contributed by atoms with Gasteiger partial charge in [-0.05, 0) is 5.56 Å². The summed E-state index contributed by atoms with van der Waals surface area (Å²) in [5.74, 6) is -0.0278. The third-order valence-corrected chi connectivity index (χ3v) is 3.84. The molecule has 0 bridgehead atoms. The van der Waals surface area contributed by atoms with Crippen molar-refractivity contribution in [2.24, 2.45) is 5.92 Å². The maximum absolute atomic E-state index is 12.0. The predicted octanol–water partition coefficient (Wildman–Crippen LogP) is 1.96. The van der Waals surface area contributed by atoms with Crippen molar-refractivity contribution in [1.82, 2.24) is 4.90 Å². The largest absolute Gasteiger partial charge is 0.462 e. The van der Waals surface area contributed by atoms with Gasteiger partial charge >= 0.3 is 12.1 Å². The first kappa shape index (κ1) is 13.0. The van der Waals surface area contributed by atoms with Crippen molar-refractivity contribution in [3.05, 3.63) is 35.9 Å². The van der Waals surface area contributed by atoms with E-state index in [1.807, 2.05) is 30.3 Å². The topological polar surface area (TPSA) is 55.8 Å². The number of amides is 1. The monoisotopic (exact) mass is 275 g/mol. The van der Waals surface area contributed by atoms with Crippen molar-refractivity contribution < 1.29 is 19.1 Å². The van der Waals surface area contributed by atoms with Crippen LogP contribution in [0.25, 0.3) is 0 Å². The van der Waals surface area contributed by atoms with E-state index in [0.29, 0.717) is 25.9 Å². The molecule has 20 heavy (non-hydrogen) atoms. The van der Waals surface area contributed by atoms with Crippen LogP contribution in [0.4, 0.5) is 4.79 Å². The molecule has 0 aromatic heterocycles. The van der Waals surface area contributed by atoms with E-state index in [9.17, 15) is 9.59 Å². The summed E-state index contributed by atoms with van der Waals surface area (Å²) in [5.41, 5.74) is 0.968. The molecular formula is C15H17NO4. The zero-order valence-electron chi connectivity index (χ0n) is 11.2. The van der Waals surface area contributed by atoms with E-state index in [1.54, 1.807) is 4.90 Å². The van der Waals surface area contributed by atoms with E-state index in [1.165, 1.54) is 0 Å². The number of piperidine rings is 1. The zero-order chi connectivity index (χ0) is 13.9. The molecule has 2 atom stereocenters. The molecule has 106 valence electrons. The summed E-state index contributed by atoms with van der Waals surface area (Å²) in [6.07, 6.45) is 0.789. The van der Waals surface area contributed by atoms with Crippen molar-refractivity contribution in [3.63, 3.8) is 0 Å². The number of likely N-dealkylation sites (tertiary alicyclic amines) is 1. The van der Waals surface area contributed by atoms with Gasteiger partial charge in [-0.15, -0.1) is 0 Å². The molecule has 2 saturated heterocycles. The van der Waals surface area contributed by atoms with Gasteiger partial charge in [0, 0.05) is 25.4 Å². The van der Waals surface area contributed by atoms with Crippen LogP contribution in [-0.4, -0.2) is 36.2 Å². The summed E-state index contributed by atoms with van der Waals surface area (Å²) >= 11 is 0. The quantitative estimate of drug-likeness (QED) is 0.774. The number of hydrogen-bond donors (Lipinski definition) is 0. The Hall–Kier alpha value is -2.04. The van der Waals surface area contributed by atoms with Gasteiger partial charge < -0.3 is 14.4 Å². The Labute approximate surface area is 117 Å². The van der Waals surface area contributed by atoms with E-state index in [2.05, 4.69) is 0 Å². The molecule has 2 aliphatic rings. The number of esters is 1. The van der Waals surface area contributed by atoms with E-state index in [4.69, 9.17) is 9.47 Å². The van der Waals surface area contributed by atoms with Crippen LogP contribution in [0.2, 0.25) is 0 Å². The Morgan fingerprint density at radius 2 is 2.15 bits per heavy atom. The summed E-state index contributed by atoms with van der Waals surface area (Å²) < 4.78 is 10.5. The molecule has 5 heteroatoms. The lowest BCUT2D eigenvalue weighted by Crippen LogP contribution is -2.44. The number of carbonyl (C=O) groups excluding carboxylic acids is 2. The van der Waals surface area contributed by atoms with Crippen molar-refractivity contribution in [3.8, 4) is 0 Å². The van der Waals surface area contributed by atoms with Crippen molar-refractivity contribution in [2.75, 3.05) is 13.1 Å². The fraction of sp³-hybridized carbons (Fsp3) is 0.467. The highest BCUT2D eigenvalue weighted by atomic mass is 16.6. The SMILES string of the molecule is O=C1CC2CN(C(=O)OCc3ccccc3)CCC2O1. The smallest absolute Gasteiger partial charge is 0.410 e. The average Bonchev–Trinajstić information content (AvgIpc) is 2.85. The number of hydrogen-bond acceptors (Lipinski definition) is 4. The minimum Gasteiger partial charge on any atom is -0.462 e. The predicted molar refractivity (Wildman–Crippen MR) is 70.8 cm³/mol. The molecule has 2 aliphatic heterocycles. The summed E-state index contributed by atoms with van der Waals surface area (Å²) in [5, 5.41) is 0. The Morgan fingerprint density at radius 3 is 2.95 bits per heavy atom. The standard InChI is InChI=1S/C15H17NO4/c17-14-8-12-9-16(7-6-13(12)20-14)15(18)19-10-11-4-2-1-3-5-11/h1-5,12-13H,6-10H2. The van der Waals surface area contributed by atoms with Crippen molar-refractivity contribution in [2.45, 2.75) is 25.6 Å². The minimum absolute atomic E-state index is 0.0133. The summed E-state index contributed by atoms with van der Waals surface area (Å²) in [7, 11) is 0. The van der Waals surface area contributed by atoms with Gasteiger partial charge in [0.1, 0.15) is 12.7 Å². The normalized spacial score (nSPS) is 25.0. The maximum Gasteiger partial charge on any atom is 0.410 e. The van der Waals surface area contributed by atoms with Crippen LogP contribution in [0, 0.1) is 5.92 Å². The molecule has 3 rings (SSSR count). The second-order valence-electron chi connectivity index (χ2n) is 5.27. The fourth-order valence-corrected chi connectivity index (χ4v) is 2.77. The second kappa shape index (κ2) is 5.53. The van der Waals surface area contributed by atoms with Gasteiger partial charge in [-0.1, -0.05) is 30.3 Å². The molecule has 1 aromatic carbocycles. The van der Waals surface area contributed by atoms with Crippen LogP contribution >= 0.6 is 0 Å². The molecule has 5 nitrogen and oxygen atoms in total. The van der Waals surface area contributed by atoms with Gasteiger partial charge in [0.25, 0.3) is 0 Å². The van der Waals surface area contributed by atoms with Crippen LogP contribution in [-0.2, 0) is 20.9 Å². The van der Waals surface area contributed by atoms with Crippen molar-refractivity contribution >= 4 is 12.1 Å². The highest BCUT2D eigenvalue weighted by Crippen LogP contribution is 2.29. The van der Waals surface area contributed by atoms with E-state index in [-0.39, 0.29) is 30.7 Å². The van der Waals surface area contributed by atoms with Gasteiger partial charge in [0.05, 0.1) is 6.42 Å². The molecule has 0 radical (unpaired) electrons. The maximum atomic E-state index is 12.0. The Bertz CT molecular complexity index is 502. The van der Waals surface area contributed by atoms with Gasteiger partial charge in [-0.2, -0.15) is 0 Å². The fourth-order valence-electron chi connectivity index (χ4n) is 2.77. The summed E-state index contributed by atoms with van der Waals surface area (Å²) in [6, 6.07) is 9.59. The van der Waals surface area contributed by atoms with Gasteiger partial charge in [0.15, 0.2) is 0 Å². The Morgan fingerprint density at radius 1 is 1.35 bits per heavy atom. The van der Waals surface area contributed by atoms with Gasteiger partial charge in [-0.25, -0.2) is 4.79 Å². The molecule has 1 amide bonds. The van der Waals surface area contributed by atoms with E-state index >= 15 is 0 Å². The molecule has 0 saturated carbocycles. The second-order valence-corrected chi connectivity index (χ2v) is 5.27. The average molecular weight is 275 g/mol. The molecule has 2 fully saturated rings. The van der Waals surface area contributed by atoms with Gasteiger partial charge in [0.2, 0.25) is 0 Å². The highest BCUT2D eigenvalue weighted by molar-refractivity contribution is 5.73. The summed E-state index contributed by atoms with van der Waals surface area (Å²) in [6.45, 7) is 1.41. The van der Waals surface area contributed by atoms with E-state index in [0.717, 1.165) is 5.56 Å². The molecule has 0 spiro atoms. The Balaban J connectivity index is 1.52. The minimum atomic E-state index is -0.313. The summed E-state index contributed by atoms with van der Waals surface area (Å²) in [4.78, 5) is 24.9. The molecular weight excluding hydrogens is 258 g/mol. The number of nitrogens with zero attached hydrogens (tertiary/aromatic N) is 1.